The second-order valence-corrected chi connectivity index (χ2v) is 5.92. The van der Waals surface area contributed by atoms with Gasteiger partial charge >= 0.3 is 0 Å². The highest BCUT2D eigenvalue weighted by atomic mass is 16.3. The van der Waals surface area contributed by atoms with Crippen LogP contribution < -0.4 is 0 Å². The van der Waals surface area contributed by atoms with Crippen LogP contribution in [-0.2, 0) is 0 Å². The molecule has 1 heteroatoms. The monoisotopic (exact) mass is 194 g/mol. The lowest BCUT2D eigenvalue weighted by Gasteiger charge is -2.35. The first-order chi connectivity index (χ1) is 6.83. The van der Waals surface area contributed by atoms with E-state index in [0.29, 0.717) is 0 Å². The molecule has 0 aromatic carbocycles. The molecule has 14 heavy (non-hydrogen) atoms. The predicted molar refractivity (Wildman–Crippen MR) is 56.9 cm³/mol. The molecule has 0 saturated heterocycles. The minimum Gasteiger partial charge on any atom is -0.393 e. The average Bonchev–Trinajstić information content (AvgIpc) is 2.78. The maximum Gasteiger partial charge on any atom is 0.0543 e. The van der Waals surface area contributed by atoms with Crippen LogP contribution in [-0.4, -0.2) is 11.2 Å². The fourth-order valence-electron chi connectivity index (χ4n) is 4.46. The summed E-state index contributed by atoms with van der Waals surface area (Å²) < 4.78 is 0. The van der Waals surface area contributed by atoms with E-state index in [2.05, 4.69) is 0 Å². The van der Waals surface area contributed by atoms with Gasteiger partial charge in [0.05, 0.1) is 6.10 Å². The Labute approximate surface area is 86.9 Å². The van der Waals surface area contributed by atoms with Crippen LogP contribution in [0, 0.1) is 23.7 Å². The molecule has 0 amide bonds. The number of aliphatic hydroxyl groups is 1. The van der Waals surface area contributed by atoms with Gasteiger partial charge in [0.15, 0.2) is 0 Å². The van der Waals surface area contributed by atoms with Gasteiger partial charge in [-0.25, -0.2) is 0 Å². The SMILES string of the molecule is OC1CCCC(C2CC3CCC2C3)C1. The van der Waals surface area contributed by atoms with Crippen LogP contribution in [0.3, 0.4) is 0 Å². The van der Waals surface area contributed by atoms with Crippen LogP contribution in [0.2, 0.25) is 0 Å². The van der Waals surface area contributed by atoms with E-state index in [0.717, 1.165) is 36.5 Å². The molecule has 0 aromatic heterocycles. The van der Waals surface area contributed by atoms with Gasteiger partial charge in [-0.05, 0) is 62.2 Å². The maximum atomic E-state index is 9.71. The standard InChI is InChI=1S/C13H22O/c14-12-3-1-2-10(8-12)13-7-9-4-5-11(13)6-9/h9-14H,1-8H2. The lowest BCUT2D eigenvalue weighted by atomic mass is 9.72. The summed E-state index contributed by atoms with van der Waals surface area (Å²) in [7, 11) is 0. The molecule has 5 unspecified atom stereocenters. The molecule has 0 aromatic rings. The van der Waals surface area contributed by atoms with Crippen molar-refractivity contribution >= 4 is 0 Å². The Morgan fingerprint density at radius 2 is 1.64 bits per heavy atom. The summed E-state index contributed by atoms with van der Waals surface area (Å²) in [5.74, 6) is 4.01. The van der Waals surface area contributed by atoms with E-state index in [-0.39, 0.29) is 6.10 Å². The van der Waals surface area contributed by atoms with Gasteiger partial charge in [-0.15, -0.1) is 0 Å². The van der Waals surface area contributed by atoms with Crippen molar-refractivity contribution in [1.29, 1.82) is 0 Å². The summed E-state index contributed by atoms with van der Waals surface area (Å²) in [6.45, 7) is 0. The zero-order chi connectivity index (χ0) is 9.54. The third kappa shape index (κ3) is 1.50. The molecular formula is C13H22O. The Balaban J connectivity index is 1.65. The van der Waals surface area contributed by atoms with Crippen LogP contribution in [0.4, 0.5) is 0 Å². The van der Waals surface area contributed by atoms with E-state index in [9.17, 15) is 5.11 Å². The van der Waals surface area contributed by atoms with Crippen molar-refractivity contribution in [2.75, 3.05) is 0 Å². The fraction of sp³-hybridized carbons (Fsp3) is 1.00. The quantitative estimate of drug-likeness (QED) is 0.680. The second-order valence-electron chi connectivity index (χ2n) is 5.92. The van der Waals surface area contributed by atoms with E-state index >= 15 is 0 Å². The lowest BCUT2D eigenvalue weighted by Crippen LogP contribution is -2.28. The molecule has 3 saturated carbocycles. The molecule has 0 aliphatic heterocycles. The summed E-state index contributed by atoms with van der Waals surface area (Å²) in [5, 5.41) is 9.71. The summed E-state index contributed by atoms with van der Waals surface area (Å²) in [5.41, 5.74) is 0. The predicted octanol–water partition coefficient (Wildman–Crippen LogP) is 2.97. The average molecular weight is 194 g/mol. The van der Waals surface area contributed by atoms with Gasteiger partial charge in [-0.1, -0.05) is 12.8 Å². The van der Waals surface area contributed by atoms with Crippen molar-refractivity contribution in [3.05, 3.63) is 0 Å². The molecule has 2 bridgehead atoms. The highest BCUT2D eigenvalue weighted by molar-refractivity contribution is 4.94. The third-order valence-corrected chi connectivity index (χ3v) is 5.09. The Morgan fingerprint density at radius 1 is 0.786 bits per heavy atom. The molecule has 1 N–H and O–H groups in total. The first kappa shape index (κ1) is 9.21. The largest absolute Gasteiger partial charge is 0.393 e. The van der Waals surface area contributed by atoms with Crippen LogP contribution >= 0.6 is 0 Å². The zero-order valence-electron chi connectivity index (χ0n) is 8.99. The highest BCUT2D eigenvalue weighted by Crippen LogP contribution is 2.53. The van der Waals surface area contributed by atoms with Crippen molar-refractivity contribution in [2.24, 2.45) is 23.7 Å². The number of aliphatic hydroxyl groups excluding tert-OH is 1. The number of hydrogen-bond donors (Lipinski definition) is 1. The van der Waals surface area contributed by atoms with Crippen molar-refractivity contribution in [2.45, 2.75) is 57.5 Å². The van der Waals surface area contributed by atoms with Crippen molar-refractivity contribution in [3.63, 3.8) is 0 Å². The summed E-state index contributed by atoms with van der Waals surface area (Å²) >= 11 is 0. The molecule has 3 aliphatic rings. The van der Waals surface area contributed by atoms with E-state index in [4.69, 9.17) is 0 Å². The van der Waals surface area contributed by atoms with E-state index in [1.807, 2.05) is 0 Å². The fourth-order valence-corrected chi connectivity index (χ4v) is 4.46. The summed E-state index contributed by atoms with van der Waals surface area (Å²) in [6, 6.07) is 0. The van der Waals surface area contributed by atoms with Gasteiger partial charge in [-0.2, -0.15) is 0 Å². The minimum atomic E-state index is 0.0351. The van der Waals surface area contributed by atoms with Crippen molar-refractivity contribution in [3.8, 4) is 0 Å². The number of hydrogen-bond acceptors (Lipinski definition) is 1. The van der Waals surface area contributed by atoms with Gasteiger partial charge in [0, 0.05) is 0 Å². The lowest BCUT2D eigenvalue weighted by molar-refractivity contribution is 0.0650. The molecule has 1 nitrogen and oxygen atoms in total. The topological polar surface area (TPSA) is 20.2 Å². The van der Waals surface area contributed by atoms with E-state index in [1.54, 1.807) is 0 Å². The molecular weight excluding hydrogens is 172 g/mol. The highest BCUT2D eigenvalue weighted by Gasteiger charge is 2.43. The molecule has 3 aliphatic carbocycles. The molecule has 3 fully saturated rings. The first-order valence-corrected chi connectivity index (χ1v) is 6.51. The Bertz CT molecular complexity index is 213. The van der Waals surface area contributed by atoms with E-state index < -0.39 is 0 Å². The van der Waals surface area contributed by atoms with Gasteiger partial charge < -0.3 is 5.11 Å². The van der Waals surface area contributed by atoms with Gasteiger partial charge in [0.25, 0.3) is 0 Å². The molecule has 0 heterocycles. The van der Waals surface area contributed by atoms with Crippen molar-refractivity contribution < 1.29 is 5.11 Å². The molecule has 5 atom stereocenters. The maximum absolute atomic E-state index is 9.71. The van der Waals surface area contributed by atoms with Gasteiger partial charge in [-0.3, -0.25) is 0 Å². The second kappa shape index (κ2) is 3.52. The Kier molecular flexibility index (Phi) is 2.31. The van der Waals surface area contributed by atoms with Crippen molar-refractivity contribution in [1.82, 2.24) is 0 Å². The number of fused-ring (bicyclic) bond motifs is 2. The summed E-state index contributed by atoms with van der Waals surface area (Å²) in [6.07, 6.45) is 10.9. The van der Waals surface area contributed by atoms with E-state index in [1.165, 1.54) is 38.5 Å². The normalized spacial score (nSPS) is 52.5. The van der Waals surface area contributed by atoms with Crippen LogP contribution in [0.5, 0.6) is 0 Å². The van der Waals surface area contributed by atoms with Crippen LogP contribution in [0.1, 0.15) is 51.4 Å². The van der Waals surface area contributed by atoms with Crippen LogP contribution in [0.15, 0.2) is 0 Å². The molecule has 3 rings (SSSR count). The van der Waals surface area contributed by atoms with Gasteiger partial charge in [0.2, 0.25) is 0 Å². The Morgan fingerprint density at radius 3 is 2.29 bits per heavy atom. The molecule has 0 radical (unpaired) electrons. The third-order valence-electron chi connectivity index (χ3n) is 5.09. The number of rotatable bonds is 1. The molecule has 0 spiro atoms. The minimum absolute atomic E-state index is 0.0351. The summed E-state index contributed by atoms with van der Waals surface area (Å²) in [4.78, 5) is 0. The molecule has 80 valence electrons. The van der Waals surface area contributed by atoms with Gasteiger partial charge in [0.1, 0.15) is 0 Å². The first-order valence-electron chi connectivity index (χ1n) is 6.51. The Hall–Kier alpha value is -0.0400. The van der Waals surface area contributed by atoms with Crippen LogP contribution in [0.25, 0.3) is 0 Å². The smallest absolute Gasteiger partial charge is 0.0543 e. The zero-order valence-corrected chi connectivity index (χ0v) is 8.99.